The van der Waals surface area contributed by atoms with E-state index in [2.05, 4.69) is 20.8 Å². The van der Waals surface area contributed by atoms with E-state index in [-0.39, 0.29) is 0 Å². The molecular formula is C24H18Cl2N4O2S. The van der Waals surface area contributed by atoms with Crippen LogP contribution in [0.25, 0.3) is 10.6 Å². The molecule has 0 saturated carbocycles. The quantitative estimate of drug-likeness (QED) is 0.354. The summed E-state index contributed by atoms with van der Waals surface area (Å²) in [6.07, 6.45) is 0.307. The number of hydrogen-bond donors (Lipinski definition) is 2. The molecule has 1 heterocycles. The molecule has 0 spiro atoms. The van der Waals surface area contributed by atoms with Gasteiger partial charge in [0.15, 0.2) is 0 Å². The van der Waals surface area contributed by atoms with Crippen molar-refractivity contribution in [2.45, 2.75) is 12.5 Å². The Morgan fingerprint density at radius 1 is 0.879 bits per heavy atom. The number of benzene rings is 3. The van der Waals surface area contributed by atoms with Crippen LogP contribution in [0.1, 0.15) is 15.9 Å². The number of rotatable bonds is 7. The predicted octanol–water partition coefficient (Wildman–Crippen LogP) is 5.49. The molecule has 1 atom stereocenters. The van der Waals surface area contributed by atoms with E-state index in [1.54, 1.807) is 36.4 Å². The molecule has 1 unspecified atom stereocenters. The van der Waals surface area contributed by atoms with Gasteiger partial charge >= 0.3 is 0 Å². The summed E-state index contributed by atoms with van der Waals surface area (Å²) in [5.41, 5.74) is 2.12. The van der Waals surface area contributed by atoms with E-state index >= 15 is 0 Å². The third-order valence-corrected chi connectivity index (χ3v) is 6.11. The molecule has 6 nitrogen and oxygen atoms in total. The van der Waals surface area contributed by atoms with Crippen LogP contribution in [-0.2, 0) is 11.2 Å². The fourth-order valence-corrected chi connectivity index (χ4v) is 4.17. The van der Waals surface area contributed by atoms with Crippen molar-refractivity contribution >= 4 is 51.5 Å². The zero-order valence-electron chi connectivity index (χ0n) is 17.2. The van der Waals surface area contributed by atoms with Gasteiger partial charge in [-0.3, -0.25) is 14.9 Å². The van der Waals surface area contributed by atoms with Crippen molar-refractivity contribution in [2.75, 3.05) is 5.32 Å². The van der Waals surface area contributed by atoms with Gasteiger partial charge in [-0.05, 0) is 35.9 Å². The normalized spacial score (nSPS) is 11.6. The summed E-state index contributed by atoms with van der Waals surface area (Å²) in [4.78, 5) is 25.9. The number of carbonyl (C=O) groups excluding carboxylic acids is 2. The number of hydrogen-bond acceptors (Lipinski definition) is 5. The molecule has 4 aromatic rings. The fraction of sp³-hybridized carbons (Fsp3) is 0.0833. The minimum absolute atomic E-state index is 0.307. The number of nitrogens with zero attached hydrogens (tertiary/aromatic N) is 2. The fourth-order valence-electron chi connectivity index (χ4n) is 3.11. The van der Waals surface area contributed by atoms with Crippen LogP contribution in [0.2, 0.25) is 10.0 Å². The lowest BCUT2D eigenvalue weighted by Gasteiger charge is -2.18. The highest BCUT2D eigenvalue weighted by Crippen LogP contribution is 2.27. The van der Waals surface area contributed by atoms with Crippen LogP contribution in [-0.4, -0.2) is 28.1 Å². The molecular weight excluding hydrogens is 479 g/mol. The molecule has 0 radical (unpaired) electrons. The Morgan fingerprint density at radius 2 is 1.64 bits per heavy atom. The minimum atomic E-state index is -0.832. The van der Waals surface area contributed by atoms with Crippen LogP contribution in [0.5, 0.6) is 0 Å². The Hall–Kier alpha value is -3.26. The highest BCUT2D eigenvalue weighted by atomic mass is 35.5. The van der Waals surface area contributed by atoms with Gasteiger partial charge in [0.25, 0.3) is 5.91 Å². The second kappa shape index (κ2) is 10.6. The molecule has 2 amide bonds. The maximum Gasteiger partial charge on any atom is 0.251 e. The van der Waals surface area contributed by atoms with E-state index in [1.807, 2.05) is 42.5 Å². The second-order valence-electron chi connectivity index (χ2n) is 7.13. The summed E-state index contributed by atoms with van der Waals surface area (Å²) < 4.78 is 0. The molecule has 0 saturated heterocycles. The number of halogens is 2. The van der Waals surface area contributed by atoms with E-state index in [9.17, 15) is 9.59 Å². The Labute approximate surface area is 204 Å². The average Bonchev–Trinajstić information content (AvgIpc) is 3.28. The van der Waals surface area contributed by atoms with E-state index in [1.165, 1.54) is 11.3 Å². The smallest absolute Gasteiger partial charge is 0.251 e. The molecule has 33 heavy (non-hydrogen) atoms. The molecule has 9 heteroatoms. The Kier molecular flexibility index (Phi) is 7.34. The molecule has 0 bridgehead atoms. The topological polar surface area (TPSA) is 84.0 Å². The zero-order valence-corrected chi connectivity index (χ0v) is 19.5. The molecule has 2 N–H and O–H groups in total. The van der Waals surface area contributed by atoms with Crippen molar-refractivity contribution in [1.29, 1.82) is 0 Å². The first kappa shape index (κ1) is 22.9. The van der Waals surface area contributed by atoms with Gasteiger partial charge in [0.2, 0.25) is 11.0 Å². The van der Waals surface area contributed by atoms with Gasteiger partial charge in [-0.2, -0.15) is 0 Å². The van der Waals surface area contributed by atoms with Gasteiger partial charge in [0.05, 0.1) is 0 Å². The Morgan fingerprint density at radius 3 is 2.36 bits per heavy atom. The summed E-state index contributed by atoms with van der Waals surface area (Å²) in [5.74, 6) is -0.791. The largest absolute Gasteiger partial charge is 0.340 e. The maximum absolute atomic E-state index is 13.1. The standard InChI is InChI=1S/C24H18Cl2N4O2S/c25-18-11-9-16(10-12-18)23-29-30-24(33-23)28-22(32)20(13-15-5-2-1-3-6-15)27-21(31)17-7-4-8-19(26)14-17/h1-12,14,20H,13H2,(H,27,31)(H,28,30,32). The van der Waals surface area contributed by atoms with Crippen LogP contribution in [0.4, 0.5) is 5.13 Å². The highest BCUT2D eigenvalue weighted by molar-refractivity contribution is 7.18. The van der Waals surface area contributed by atoms with Gasteiger partial charge in [-0.25, -0.2) is 0 Å². The SMILES string of the molecule is O=C(NC(Cc1ccccc1)C(=O)Nc1nnc(-c2ccc(Cl)cc2)s1)c1cccc(Cl)c1. The monoisotopic (exact) mass is 496 g/mol. The van der Waals surface area contributed by atoms with Gasteiger partial charge in [-0.15, -0.1) is 10.2 Å². The van der Waals surface area contributed by atoms with Crippen molar-refractivity contribution in [3.63, 3.8) is 0 Å². The Balaban J connectivity index is 1.51. The minimum Gasteiger partial charge on any atom is -0.340 e. The number of aromatic nitrogens is 2. The molecule has 0 aliphatic carbocycles. The molecule has 0 aliphatic heterocycles. The van der Waals surface area contributed by atoms with Crippen LogP contribution in [0.15, 0.2) is 78.9 Å². The van der Waals surface area contributed by atoms with Crippen molar-refractivity contribution in [3.05, 3.63) is 100 Å². The van der Waals surface area contributed by atoms with Gasteiger partial charge < -0.3 is 5.32 Å². The van der Waals surface area contributed by atoms with Crippen molar-refractivity contribution < 1.29 is 9.59 Å². The van der Waals surface area contributed by atoms with Gasteiger partial charge in [-0.1, -0.05) is 83.1 Å². The third kappa shape index (κ3) is 6.16. The molecule has 3 aromatic carbocycles. The van der Waals surface area contributed by atoms with Crippen molar-refractivity contribution in [1.82, 2.24) is 15.5 Å². The maximum atomic E-state index is 13.1. The van der Waals surface area contributed by atoms with Crippen molar-refractivity contribution in [3.8, 4) is 10.6 Å². The van der Waals surface area contributed by atoms with E-state index in [4.69, 9.17) is 23.2 Å². The zero-order chi connectivity index (χ0) is 23.2. The first-order valence-corrected chi connectivity index (χ1v) is 11.6. The lowest BCUT2D eigenvalue weighted by molar-refractivity contribution is -0.118. The van der Waals surface area contributed by atoms with E-state index in [0.29, 0.717) is 32.2 Å². The van der Waals surface area contributed by atoms with Crippen LogP contribution >= 0.6 is 34.5 Å². The van der Waals surface area contributed by atoms with E-state index < -0.39 is 17.9 Å². The molecule has 1 aromatic heterocycles. The second-order valence-corrected chi connectivity index (χ2v) is 8.99. The summed E-state index contributed by atoms with van der Waals surface area (Å²) in [6.45, 7) is 0. The summed E-state index contributed by atoms with van der Waals surface area (Å²) >= 11 is 13.2. The molecule has 166 valence electrons. The first-order valence-electron chi connectivity index (χ1n) is 9.98. The average molecular weight is 497 g/mol. The lowest BCUT2D eigenvalue weighted by Crippen LogP contribution is -2.45. The summed E-state index contributed by atoms with van der Waals surface area (Å²) in [6, 6.07) is 22.4. The van der Waals surface area contributed by atoms with Crippen molar-refractivity contribution in [2.24, 2.45) is 0 Å². The van der Waals surface area contributed by atoms with Crippen LogP contribution in [0.3, 0.4) is 0 Å². The number of amides is 2. The number of nitrogens with one attached hydrogen (secondary N) is 2. The van der Waals surface area contributed by atoms with E-state index in [0.717, 1.165) is 11.1 Å². The summed E-state index contributed by atoms with van der Waals surface area (Å²) in [7, 11) is 0. The van der Waals surface area contributed by atoms with Gasteiger partial charge in [0, 0.05) is 27.6 Å². The first-order chi connectivity index (χ1) is 16.0. The van der Waals surface area contributed by atoms with Gasteiger partial charge in [0.1, 0.15) is 11.0 Å². The molecule has 0 aliphatic rings. The number of anilines is 1. The number of carbonyl (C=O) groups is 2. The molecule has 4 rings (SSSR count). The third-order valence-electron chi connectivity index (χ3n) is 4.74. The summed E-state index contributed by atoms with van der Waals surface area (Å²) in [5, 5.41) is 15.8. The molecule has 0 fully saturated rings. The highest BCUT2D eigenvalue weighted by Gasteiger charge is 2.23. The predicted molar refractivity (Wildman–Crippen MR) is 132 cm³/mol. The van der Waals surface area contributed by atoms with Crippen LogP contribution < -0.4 is 10.6 Å². The Bertz CT molecular complexity index is 1260. The lowest BCUT2D eigenvalue weighted by atomic mass is 10.0. The van der Waals surface area contributed by atoms with Crippen LogP contribution in [0, 0.1) is 0 Å².